The van der Waals surface area contributed by atoms with Crippen LogP contribution in [0.25, 0.3) is 0 Å². The van der Waals surface area contributed by atoms with Crippen LogP contribution in [0.15, 0.2) is 14.5 Å². The lowest BCUT2D eigenvalue weighted by Crippen LogP contribution is -2.48. The molecule has 10 heteroatoms. The van der Waals surface area contributed by atoms with Crippen molar-refractivity contribution in [3.63, 3.8) is 0 Å². The van der Waals surface area contributed by atoms with Crippen molar-refractivity contribution in [2.24, 2.45) is 5.14 Å². The molecule has 1 aliphatic heterocycles. The maximum absolute atomic E-state index is 12.5. The zero-order valence-electron chi connectivity index (χ0n) is 11.1. The Hall–Kier alpha value is -0.970. The van der Waals surface area contributed by atoms with E-state index in [0.29, 0.717) is 16.9 Å². The van der Waals surface area contributed by atoms with Crippen LogP contribution in [0.4, 0.5) is 0 Å². The number of primary sulfonamides is 1. The van der Waals surface area contributed by atoms with Gasteiger partial charge in [0.15, 0.2) is 4.75 Å². The number of fused-ring (bicyclic) bond motifs is 1. The van der Waals surface area contributed by atoms with Gasteiger partial charge >= 0.3 is 0 Å². The van der Waals surface area contributed by atoms with Crippen LogP contribution in [-0.2, 0) is 31.1 Å². The SMILES string of the molecule is CN(C)C(=O)[C@@]1(C)Cc2cc(S(N)(=O)=O)sc2S1(=O)=O. The first kappa shape index (κ1) is 15.4. The van der Waals surface area contributed by atoms with Gasteiger partial charge in [0.1, 0.15) is 8.42 Å². The van der Waals surface area contributed by atoms with Gasteiger partial charge < -0.3 is 4.90 Å². The number of sulfonamides is 1. The first-order valence-corrected chi connectivity index (χ1v) is 9.38. The zero-order valence-corrected chi connectivity index (χ0v) is 13.5. The summed E-state index contributed by atoms with van der Waals surface area (Å²) in [5.74, 6) is -0.530. The average molecular weight is 338 g/mol. The van der Waals surface area contributed by atoms with Crippen LogP contribution in [0, 0.1) is 0 Å². The fourth-order valence-electron chi connectivity index (χ4n) is 2.21. The van der Waals surface area contributed by atoms with Crippen LogP contribution in [0.2, 0.25) is 0 Å². The summed E-state index contributed by atoms with van der Waals surface area (Å²) in [6.45, 7) is 1.36. The molecule has 112 valence electrons. The molecule has 0 saturated heterocycles. The van der Waals surface area contributed by atoms with E-state index >= 15 is 0 Å². The molecular weight excluding hydrogens is 324 g/mol. The van der Waals surface area contributed by atoms with E-state index in [1.807, 2.05) is 0 Å². The maximum atomic E-state index is 12.5. The van der Waals surface area contributed by atoms with Crippen LogP contribution < -0.4 is 5.14 Å². The van der Waals surface area contributed by atoms with Crippen molar-refractivity contribution < 1.29 is 21.6 Å². The number of hydrogen-bond acceptors (Lipinski definition) is 6. The number of amides is 1. The third-order valence-electron chi connectivity index (χ3n) is 3.25. The molecule has 0 unspecified atom stereocenters. The second kappa shape index (κ2) is 4.26. The Kier molecular flexibility index (Phi) is 3.29. The molecule has 2 rings (SSSR count). The van der Waals surface area contributed by atoms with Gasteiger partial charge in [-0.2, -0.15) is 0 Å². The summed E-state index contributed by atoms with van der Waals surface area (Å²) in [5, 5.41) is 4.99. The second-order valence-electron chi connectivity index (χ2n) is 5.03. The standard InChI is InChI=1S/C10H14N2O5S3/c1-10(9(13)12(2)3)5-6-4-7(20(11,16)17)18-8(6)19(10,14)15/h4H,5H2,1-3H3,(H2,11,16,17)/t10-/m1/s1. The van der Waals surface area contributed by atoms with Crippen LogP contribution in [0.3, 0.4) is 0 Å². The van der Waals surface area contributed by atoms with Crippen molar-refractivity contribution in [1.82, 2.24) is 4.90 Å². The lowest BCUT2D eigenvalue weighted by atomic mass is 10.0. The molecule has 0 fully saturated rings. The molecule has 0 aromatic carbocycles. The summed E-state index contributed by atoms with van der Waals surface area (Å²) in [4.78, 5) is 13.4. The third-order valence-corrected chi connectivity index (χ3v) is 8.81. The van der Waals surface area contributed by atoms with Crippen LogP contribution in [0.1, 0.15) is 12.5 Å². The number of nitrogens with two attached hydrogens (primary N) is 1. The van der Waals surface area contributed by atoms with Crippen molar-refractivity contribution in [2.75, 3.05) is 14.1 Å². The van der Waals surface area contributed by atoms with E-state index in [4.69, 9.17) is 5.14 Å². The van der Waals surface area contributed by atoms with E-state index in [2.05, 4.69) is 0 Å². The molecular formula is C10H14N2O5S3. The van der Waals surface area contributed by atoms with E-state index in [1.165, 1.54) is 32.0 Å². The van der Waals surface area contributed by atoms with E-state index in [9.17, 15) is 21.6 Å². The molecule has 0 bridgehead atoms. The number of nitrogens with zero attached hydrogens (tertiary/aromatic N) is 1. The topological polar surface area (TPSA) is 115 Å². The first-order chi connectivity index (χ1) is 8.91. The Labute approximate surface area is 121 Å². The number of hydrogen-bond donors (Lipinski definition) is 1. The highest BCUT2D eigenvalue weighted by atomic mass is 32.3. The summed E-state index contributed by atoms with van der Waals surface area (Å²) in [6, 6.07) is 1.24. The predicted octanol–water partition coefficient (Wildman–Crippen LogP) is -0.428. The molecule has 1 aliphatic rings. The van der Waals surface area contributed by atoms with Crippen molar-refractivity contribution in [3.05, 3.63) is 11.6 Å². The van der Waals surface area contributed by atoms with Gasteiger partial charge in [0.2, 0.25) is 25.8 Å². The maximum Gasteiger partial charge on any atom is 0.247 e. The van der Waals surface area contributed by atoms with E-state index in [1.54, 1.807) is 0 Å². The predicted molar refractivity (Wildman–Crippen MR) is 73.7 cm³/mol. The molecule has 0 spiro atoms. The van der Waals surface area contributed by atoms with Gasteiger partial charge in [-0.15, -0.1) is 11.3 Å². The fraction of sp³-hybridized carbons (Fsp3) is 0.500. The second-order valence-corrected chi connectivity index (χ2v) is 10.4. The Morgan fingerprint density at radius 2 is 2.00 bits per heavy atom. The summed E-state index contributed by atoms with van der Waals surface area (Å²) < 4.78 is 45.7. The highest BCUT2D eigenvalue weighted by Gasteiger charge is 2.55. The minimum Gasteiger partial charge on any atom is -0.347 e. The first-order valence-electron chi connectivity index (χ1n) is 5.53. The molecule has 0 aliphatic carbocycles. The zero-order chi connectivity index (χ0) is 15.5. The molecule has 0 saturated carbocycles. The van der Waals surface area contributed by atoms with Crippen molar-refractivity contribution >= 4 is 37.1 Å². The number of carbonyl (C=O) groups excluding carboxylic acids is 1. The van der Waals surface area contributed by atoms with Crippen molar-refractivity contribution in [2.45, 2.75) is 26.5 Å². The molecule has 20 heavy (non-hydrogen) atoms. The Balaban J connectivity index is 2.61. The van der Waals surface area contributed by atoms with Crippen molar-refractivity contribution in [1.29, 1.82) is 0 Å². The number of carbonyl (C=O) groups is 1. The van der Waals surface area contributed by atoms with Gasteiger partial charge in [0, 0.05) is 20.5 Å². The Morgan fingerprint density at radius 3 is 2.40 bits per heavy atom. The summed E-state index contributed by atoms with van der Waals surface area (Å²) in [7, 11) is -4.91. The van der Waals surface area contributed by atoms with Gasteiger partial charge in [-0.3, -0.25) is 4.79 Å². The third kappa shape index (κ3) is 1.98. The quantitative estimate of drug-likeness (QED) is 0.786. The molecule has 7 nitrogen and oxygen atoms in total. The van der Waals surface area contributed by atoms with Crippen LogP contribution in [-0.4, -0.2) is 46.5 Å². The summed E-state index contributed by atoms with van der Waals surface area (Å²) in [6.07, 6.45) is -0.0479. The summed E-state index contributed by atoms with van der Waals surface area (Å²) in [5.41, 5.74) is 0.330. The normalized spacial score (nSPS) is 24.4. The molecule has 0 radical (unpaired) electrons. The molecule has 2 N–H and O–H groups in total. The lowest BCUT2D eigenvalue weighted by Gasteiger charge is -2.25. The molecule has 2 heterocycles. The van der Waals surface area contributed by atoms with Crippen LogP contribution >= 0.6 is 11.3 Å². The van der Waals surface area contributed by atoms with E-state index in [-0.39, 0.29) is 14.8 Å². The van der Waals surface area contributed by atoms with Gasteiger partial charge in [0.05, 0.1) is 0 Å². The average Bonchev–Trinajstić information content (AvgIpc) is 2.77. The summed E-state index contributed by atoms with van der Waals surface area (Å²) >= 11 is 0.596. The Morgan fingerprint density at radius 1 is 1.45 bits per heavy atom. The smallest absolute Gasteiger partial charge is 0.247 e. The van der Waals surface area contributed by atoms with Gasteiger partial charge in [-0.1, -0.05) is 0 Å². The fourth-order valence-corrected chi connectivity index (χ4v) is 6.93. The van der Waals surface area contributed by atoms with Gasteiger partial charge in [0.25, 0.3) is 0 Å². The van der Waals surface area contributed by atoms with E-state index < -0.39 is 30.5 Å². The monoisotopic (exact) mass is 338 g/mol. The number of rotatable bonds is 2. The molecule has 1 aromatic rings. The van der Waals surface area contributed by atoms with Gasteiger partial charge in [-0.25, -0.2) is 22.0 Å². The highest BCUT2D eigenvalue weighted by Crippen LogP contribution is 2.45. The Bertz CT molecular complexity index is 791. The minimum absolute atomic E-state index is 0.0479. The molecule has 1 amide bonds. The van der Waals surface area contributed by atoms with E-state index in [0.717, 1.165) is 0 Å². The minimum atomic E-state index is -3.95. The largest absolute Gasteiger partial charge is 0.347 e. The highest BCUT2D eigenvalue weighted by molar-refractivity contribution is 7.97. The lowest BCUT2D eigenvalue weighted by molar-refractivity contribution is -0.130. The number of sulfone groups is 1. The van der Waals surface area contributed by atoms with Crippen LogP contribution in [0.5, 0.6) is 0 Å². The molecule has 1 atom stereocenters. The van der Waals surface area contributed by atoms with Crippen molar-refractivity contribution in [3.8, 4) is 0 Å². The number of thiophene rings is 1. The molecule has 1 aromatic heterocycles. The van der Waals surface area contributed by atoms with Gasteiger partial charge in [-0.05, 0) is 18.6 Å².